The predicted molar refractivity (Wildman–Crippen MR) is 79.8 cm³/mol. The van der Waals surface area contributed by atoms with Gasteiger partial charge in [0, 0.05) is 0 Å². The Labute approximate surface area is 127 Å². The number of nitrogens with one attached hydrogen (secondary N) is 1. The molecule has 9 heteroatoms. The maximum absolute atomic E-state index is 12.1. The van der Waals surface area contributed by atoms with Gasteiger partial charge in [0.15, 0.2) is 0 Å². The molecule has 2 aromatic carbocycles. The summed E-state index contributed by atoms with van der Waals surface area (Å²) in [4.78, 5) is -0.448. The fraction of sp³-hybridized carbons (Fsp3) is 0. The normalized spacial score (nSPS) is 12.2. The maximum atomic E-state index is 12.1. The number of sulfonamides is 2. The van der Waals surface area contributed by atoms with Crippen molar-refractivity contribution in [2.24, 2.45) is 0 Å². The molecule has 0 radical (unpaired) electrons. The summed E-state index contributed by atoms with van der Waals surface area (Å²) in [5, 5.41) is 0.0231. The lowest BCUT2D eigenvalue weighted by Crippen LogP contribution is -2.30. The number of hydrogen-bond donors (Lipinski definition) is 2. The number of halogens is 1. The molecule has 0 unspecified atom stereocenters. The van der Waals surface area contributed by atoms with Crippen LogP contribution in [0.4, 0.5) is 5.69 Å². The quantitative estimate of drug-likeness (QED) is 0.817. The molecule has 0 aliphatic rings. The fourth-order valence-corrected chi connectivity index (χ4v) is 4.72. The van der Waals surface area contributed by atoms with E-state index in [4.69, 9.17) is 17.3 Å². The molecule has 0 heterocycles. The summed E-state index contributed by atoms with van der Waals surface area (Å²) in [5.41, 5.74) is 5.68. The van der Waals surface area contributed by atoms with Gasteiger partial charge in [-0.1, -0.05) is 29.8 Å². The molecule has 0 saturated heterocycles. The first-order chi connectivity index (χ1) is 9.72. The van der Waals surface area contributed by atoms with Crippen molar-refractivity contribution in [3.05, 3.63) is 53.6 Å². The number of anilines is 1. The van der Waals surface area contributed by atoms with Crippen molar-refractivity contribution in [2.45, 2.75) is 9.79 Å². The van der Waals surface area contributed by atoms with Gasteiger partial charge < -0.3 is 5.73 Å². The van der Waals surface area contributed by atoms with Gasteiger partial charge >= 0.3 is 0 Å². The molecule has 0 amide bonds. The van der Waals surface area contributed by atoms with Crippen LogP contribution in [0.1, 0.15) is 0 Å². The van der Waals surface area contributed by atoms with Gasteiger partial charge in [0.1, 0.15) is 0 Å². The van der Waals surface area contributed by atoms with E-state index in [9.17, 15) is 16.8 Å². The van der Waals surface area contributed by atoms with E-state index in [2.05, 4.69) is 0 Å². The molecular formula is C12H11ClN2O4S2. The minimum atomic E-state index is -4.28. The predicted octanol–water partition coefficient (Wildman–Crippen LogP) is 1.59. The summed E-state index contributed by atoms with van der Waals surface area (Å²) in [6.45, 7) is 0. The summed E-state index contributed by atoms with van der Waals surface area (Å²) in [6, 6.07) is 10.7. The molecular weight excluding hydrogens is 336 g/mol. The minimum Gasteiger partial charge on any atom is -0.398 e. The summed E-state index contributed by atoms with van der Waals surface area (Å²) in [6.07, 6.45) is 0. The topological polar surface area (TPSA) is 106 Å². The molecule has 112 valence electrons. The Morgan fingerprint density at radius 2 is 1.43 bits per heavy atom. The van der Waals surface area contributed by atoms with Crippen LogP contribution < -0.4 is 9.86 Å². The fourth-order valence-electron chi connectivity index (χ4n) is 1.52. The van der Waals surface area contributed by atoms with Crippen molar-refractivity contribution < 1.29 is 16.8 Å². The lowest BCUT2D eigenvalue weighted by molar-refractivity contribution is 0.577. The first-order valence-electron chi connectivity index (χ1n) is 5.61. The van der Waals surface area contributed by atoms with Gasteiger partial charge in [0.25, 0.3) is 20.0 Å². The standard InChI is InChI=1S/C12H11ClN2O4S2/c13-11-8-10(6-7-12(11)14)21(18,19)15-20(16,17)9-4-2-1-3-5-9/h1-8,15H,14H2. The average molecular weight is 347 g/mol. The summed E-state index contributed by atoms with van der Waals surface area (Å²) in [7, 11) is -8.48. The van der Waals surface area contributed by atoms with Gasteiger partial charge in [0.2, 0.25) is 0 Å². The molecule has 2 aromatic rings. The molecule has 3 N–H and O–H groups in total. The number of rotatable bonds is 4. The average Bonchev–Trinajstić information content (AvgIpc) is 2.41. The molecule has 0 aromatic heterocycles. The third-order valence-corrected chi connectivity index (χ3v) is 6.41. The molecule has 0 aliphatic carbocycles. The Kier molecular flexibility index (Phi) is 4.24. The van der Waals surface area contributed by atoms with E-state index in [1.165, 1.54) is 36.4 Å². The Balaban J connectivity index is 2.40. The highest BCUT2D eigenvalue weighted by Gasteiger charge is 2.24. The number of nitrogen functional groups attached to an aromatic ring is 1. The Hall–Kier alpha value is -1.61. The molecule has 0 saturated carbocycles. The van der Waals surface area contributed by atoms with Gasteiger partial charge in [-0.05, 0) is 30.3 Å². The molecule has 2 rings (SSSR count). The van der Waals surface area contributed by atoms with Gasteiger partial charge in [-0.25, -0.2) is 16.8 Å². The van der Waals surface area contributed by atoms with Gasteiger partial charge in [0.05, 0.1) is 20.5 Å². The van der Waals surface area contributed by atoms with Gasteiger partial charge in [-0.2, -0.15) is 0 Å². The third-order valence-electron chi connectivity index (χ3n) is 2.56. The van der Waals surface area contributed by atoms with E-state index in [-0.39, 0.29) is 20.5 Å². The molecule has 0 bridgehead atoms. The van der Waals surface area contributed by atoms with E-state index >= 15 is 0 Å². The Morgan fingerprint density at radius 3 is 2.00 bits per heavy atom. The zero-order valence-corrected chi connectivity index (χ0v) is 12.9. The van der Waals surface area contributed by atoms with Crippen LogP contribution in [0.5, 0.6) is 0 Å². The highest BCUT2D eigenvalue weighted by molar-refractivity contribution is 8.04. The number of hydrogen-bond acceptors (Lipinski definition) is 5. The molecule has 0 spiro atoms. The lowest BCUT2D eigenvalue weighted by atomic mass is 10.3. The van der Waals surface area contributed by atoms with Crippen molar-refractivity contribution >= 4 is 37.3 Å². The van der Waals surface area contributed by atoms with Crippen molar-refractivity contribution in [2.75, 3.05) is 5.73 Å². The number of benzene rings is 2. The Bertz CT molecular complexity index is 865. The van der Waals surface area contributed by atoms with Crippen LogP contribution in [0.2, 0.25) is 5.02 Å². The van der Waals surface area contributed by atoms with Gasteiger partial charge in [-0.3, -0.25) is 0 Å². The van der Waals surface area contributed by atoms with Crippen LogP contribution in [0.25, 0.3) is 0 Å². The molecule has 0 fully saturated rings. The summed E-state index contributed by atoms with van der Waals surface area (Å²) in [5.74, 6) is 0. The lowest BCUT2D eigenvalue weighted by Gasteiger charge is -2.09. The highest BCUT2D eigenvalue weighted by atomic mass is 35.5. The molecule has 6 nitrogen and oxygen atoms in total. The van der Waals surface area contributed by atoms with Crippen molar-refractivity contribution in [1.29, 1.82) is 0 Å². The Morgan fingerprint density at radius 1 is 0.857 bits per heavy atom. The van der Waals surface area contributed by atoms with E-state index in [0.717, 1.165) is 6.07 Å². The van der Waals surface area contributed by atoms with E-state index in [1.807, 2.05) is 0 Å². The van der Waals surface area contributed by atoms with Crippen LogP contribution in [0.3, 0.4) is 0 Å². The first-order valence-corrected chi connectivity index (χ1v) is 8.95. The van der Waals surface area contributed by atoms with Crippen LogP contribution in [0.15, 0.2) is 58.3 Å². The van der Waals surface area contributed by atoms with Crippen LogP contribution in [0, 0.1) is 0 Å². The second kappa shape index (κ2) is 5.64. The second-order valence-corrected chi connectivity index (χ2v) is 8.12. The molecule has 0 aliphatic heterocycles. The highest BCUT2D eigenvalue weighted by Crippen LogP contribution is 2.23. The van der Waals surface area contributed by atoms with Crippen molar-refractivity contribution in [1.82, 2.24) is 4.13 Å². The van der Waals surface area contributed by atoms with Crippen molar-refractivity contribution in [3.63, 3.8) is 0 Å². The summed E-state index contributed by atoms with van der Waals surface area (Å²) >= 11 is 5.74. The van der Waals surface area contributed by atoms with Crippen LogP contribution in [-0.2, 0) is 20.0 Å². The largest absolute Gasteiger partial charge is 0.398 e. The van der Waals surface area contributed by atoms with Crippen LogP contribution in [-0.4, -0.2) is 16.8 Å². The SMILES string of the molecule is Nc1ccc(S(=O)(=O)NS(=O)(=O)c2ccccc2)cc1Cl. The van der Waals surface area contributed by atoms with E-state index < -0.39 is 20.0 Å². The third kappa shape index (κ3) is 3.53. The minimum absolute atomic E-state index is 0.0231. The van der Waals surface area contributed by atoms with Crippen LogP contribution >= 0.6 is 11.6 Å². The summed E-state index contributed by atoms with van der Waals surface area (Å²) < 4.78 is 49.9. The maximum Gasteiger partial charge on any atom is 0.253 e. The van der Waals surface area contributed by atoms with Gasteiger partial charge in [-0.15, -0.1) is 4.13 Å². The monoisotopic (exact) mass is 346 g/mol. The molecule has 21 heavy (non-hydrogen) atoms. The van der Waals surface area contributed by atoms with E-state index in [1.54, 1.807) is 10.2 Å². The van der Waals surface area contributed by atoms with Crippen molar-refractivity contribution in [3.8, 4) is 0 Å². The zero-order chi connectivity index (χ0) is 15.7. The zero-order valence-electron chi connectivity index (χ0n) is 10.5. The second-order valence-electron chi connectivity index (χ2n) is 4.09. The first kappa shape index (κ1) is 15.8. The number of nitrogens with two attached hydrogens (primary N) is 1. The molecule has 0 atom stereocenters. The van der Waals surface area contributed by atoms with E-state index in [0.29, 0.717) is 0 Å². The smallest absolute Gasteiger partial charge is 0.253 e.